The Morgan fingerprint density at radius 3 is 2.56 bits per heavy atom. The Labute approximate surface area is 147 Å². The number of hydrogen-bond donors (Lipinski definition) is 2. The highest BCUT2D eigenvalue weighted by molar-refractivity contribution is 5.95. The highest BCUT2D eigenvalue weighted by Gasteiger charge is 2.22. The zero-order valence-corrected chi connectivity index (χ0v) is 14.5. The molecule has 0 aliphatic carbocycles. The molecule has 0 saturated carbocycles. The van der Waals surface area contributed by atoms with Crippen molar-refractivity contribution in [1.29, 1.82) is 0 Å². The van der Waals surface area contributed by atoms with Crippen molar-refractivity contribution in [2.24, 2.45) is 0 Å². The molecule has 0 aromatic heterocycles. The van der Waals surface area contributed by atoms with E-state index in [1.54, 1.807) is 19.2 Å². The van der Waals surface area contributed by atoms with Gasteiger partial charge in [-0.3, -0.25) is 4.79 Å². The van der Waals surface area contributed by atoms with Gasteiger partial charge in [-0.1, -0.05) is 18.2 Å². The highest BCUT2D eigenvalue weighted by atomic mass is 19.1. The summed E-state index contributed by atoms with van der Waals surface area (Å²) in [7, 11) is 1.60. The normalized spacial score (nSPS) is 20.1. The summed E-state index contributed by atoms with van der Waals surface area (Å²) in [5.41, 5.74) is 1.69. The van der Waals surface area contributed by atoms with Crippen LogP contribution in [0.15, 0.2) is 42.5 Å². The molecule has 2 aromatic carbocycles. The maximum absolute atomic E-state index is 14.5. The molecule has 0 bridgehead atoms. The fraction of sp³-hybridized carbons (Fsp3) is 0.350. The van der Waals surface area contributed by atoms with Crippen molar-refractivity contribution in [3.05, 3.63) is 53.8 Å². The fourth-order valence-electron chi connectivity index (χ4n) is 3.19. The number of ether oxygens (including phenoxy) is 1. The molecule has 5 heteroatoms. The smallest absolute Gasteiger partial charge is 0.254 e. The van der Waals surface area contributed by atoms with Gasteiger partial charge in [0.2, 0.25) is 0 Å². The maximum atomic E-state index is 14.5. The SMILES string of the molecule is COc1ccc(-c2ccc(C(=O)NC3CCNC(C)C3)c(F)c2)cc1. The summed E-state index contributed by atoms with van der Waals surface area (Å²) in [5, 5.41) is 6.28. The topological polar surface area (TPSA) is 50.4 Å². The van der Waals surface area contributed by atoms with E-state index in [0.29, 0.717) is 6.04 Å². The van der Waals surface area contributed by atoms with Crippen LogP contribution in [0.1, 0.15) is 30.1 Å². The molecule has 2 aromatic rings. The van der Waals surface area contributed by atoms with E-state index < -0.39 is 5.82 Å². The summed E-state index contributed by atoms with van der Waals surface area (Å²) in [6.45, 7) is 2.95. The summed E-state index contributed by atoms with van der Waals surface area (Å²) in [4.78, 5) is 12.4. The lowest BCUT2D eigenvalue weighted by Gasteiger charge is -2.28. The number of halogens is 1. The Morgan fingerprint density at radius 1 is 1.20 bits per heavy atom. The number of carbonyl (C=O) groups excluding carboxylic acids is 1. The van der Waals surface area contributed by atoms with Crippen LogP contribution in [0.2, 0.25) is 0 Å². The Bertz CT molecular complexity index is 746. The van der Waals surface area contributed by atoms with E-state index in [0.717, 1.165) is 36.3 Å². The van der Waals surface area contributed by atoms with Crippen LogP contribution in [0.5, 0.6) is 5.75 Å². The predicted molar refractivity (Wildman–Crippen MR) is 96.3 cm³/mol. The van der Waals surface area contributed by atoms with Crippen molar-refractivity contribution in [2.45, 2.75) is 31.8 Å². The Hall–Kier alpha value is -2.40. The van der Waals surface area contributed by atoms with E-state index in [-0.39, 0.29) is 17.5 Å². The molecule has 1 heterocycles. The first-order chi connectivity index (χ1) is 12.1. The Morgan fingerprint density at radius 2 is 1.92 bits per heavy atom. The van der Waals surface area contributed by atoms with Crippen LogP contribution in [0.3, 0.4) is 0 Å². The molecular formula is C20H23FN2O2. The van der Waals surface area contributed by atoms with Crippen LogP contribution in [0.4, 0.5) is 4.39 Å². The minimum atomic E-state index is -0.507. The van der Waals surface area contributed by atoms with E-state index in [4.69, 9.17) is 4.74 Å². The summed E-state index contributed by atoms with van der Waals surface area (Å²) >= 11 is 0. The minimum Gasteiger partial charge on any atom is -0.497 e. The minimum absolute atomic E-state index is 0.0865. The van der Waals surface area contributed by atoms with Gasteiger partial charge in [0, 0.05) is 12.1 Å². The van der Waals surface area contributed by atoms with Crippen LogP contribution >= 0.6 is 0 Å². The molecule has 1 fully saturated rings. The van der Waals surface area contributed by atoms with Gasteiger partial charge in [-0.2, -0.15) is 0 Å². The summed E-state index contributed by atoms with van der Waals surface area (Å²) in [5.74, 6) is -0.109. The molecule has 1 saturated heterocycles. The van der Waals surface area contributed by atoms with Gasteiger partial charge in [-0.15, -0.1) is 0 Å². The van der Waals surface area contributed by atoms with Crippen LogP contribution in [-0.2, 0) is 0 Å². The number of carbonyl (C=O) groups is 1. The highest BCUT2D eigenvalue weighted by Crippen LogP contribution is 2.24. The number of benzene rings is 2. The third-order valence-electron chi connectivity index (χ3n) is 4.60. The van der Waals surface area contributed by atoms with Gasteiger partial charge >= 0.3 is 0 Å². The van der Waals surface area contributed by atoms with Crippen LogP contribution in [0, 0.1) is 5.82 Å². The number of hydrogen-bond acceptors (Lipinski definition) is 3. The molecule has 25 heavy (non-hydrogen) atoms. The van der Waals surface area contributed by atoms with Crippen LogP contribution in [-0.4, -0.2) is 31.6 Å². The first kappa shape index (κ1) is 17.4. The molecule has 0 radical (unpaired) electrons. The van der Waals surface area contributed by atoms with Crippen LogP contribution in [0.25, 0.3) is 11.1 Å². The van der Waals surface area contributed by atoms with Gasteiger partial charge < -0.3 is 15.4 Å². The van der Waals surface area contributed by atoms with E-state index in [1.165, 1.54) is 6.07 Å². The first-order valence-corrected chi connectivity index (χ1v) is 8.55. The molecule has 2 N–H and O–H groups in total. The zero-order chi connectivity index (χ0) is 17.8. The fourth-order valence-corrected chi connectivity index (χ4v) is 3.19. The van der Waals surface area contributed by atoms with Crippen molar-refractivity contribution in [1.82, 2.24) is 10.6 Å². The first-order valence-electron chi connectivity index (χ1n) is 8.55. The zero-order valence-electron chi connectivity index (χ0n) is 14.5. The second kappa shape index (κ2) is 7.66. The van der Waals surface area contributed by atoms with Crippen molar-refractivity contribution < 1.29 is 13.9 Å². The van der Waals surface area contributed by atoms with Crippen molar-refractivity contribution in [2.75, 3.05) is 13.7 Å². The second-order valence-corrected chi connectivity index (χ2v) is 6.47. The predicted octanol–water partition coefficient (Wildman–Crippen LogP) is 3.37. The molecule has 4 nitrogen and oxygen atoms in total. The van der Waals surface area contributed by atoms with E-state index in [1.807, 2.05) is 24.3 Å². The van der Waals surface area contributed by atoms with E-state index >= 15 is 0 Å². The average molecular weight is 342 g/mol. The van der Waals surface area contributed by atoms with Gasteiger partial charge in [-0.25, -0.2) is 4.39 Å². The quantitative estimate of drug-likeness (QED) is 0.896. The third-order valence-corrected chi connectivity index (χ3v) is 4.60. The lowest BCUT2D eigenvalue weighted by molar-refractivity contribution is 0.0921. The molecule has 1 aliphatic heterocycles. The molecule has 1 aliphatic rings. The van der Waals surface area contributed by atoms with Gasteiger partial charge in [-0.05, 0) is 61.7 Å². The lowest BCUT2D eigenvalue weighted by atomic mass is 9.99. The molecule has 1 amide bonds. The molecule has 2 atom stereocenters. The van der Waals surface area contributed by atoms with Crippen molar-refractivity contribution >= 4 is 5.91 Å². The van der Waals surface area contributed by atoms with E-state index in [9.17, 15) is 9.18 Å². The van der Waals surface area contributed by atoms with E-state index in [2.05, 4.69) is 17.6 Å². The van der Waals surface area contributed by atoms with Gasteiger partial charge in [0.1, 0.15) is 11.6 Å². The molecule has 132 valence electrons. The number of piperidine rings is 1. The number of amides is 1. The summed E-state index contributed by atoms with van der Waals surface area (Å²) in [6, 6.07) is 12.6. The number of methoxy groups -OCH3 is 1. The van der Waals surface area contributed by atoms with Crippen LogP contribution < -0.4 is 15.4 Å². The van der Waals surface area contributed by atoms with Gasteiger partial charge in [0.25, 0.3) is 5.91 Å². The van der Waals surface area contributed by atoms with Gasteiger partial charge in [0.05, 0.1) is 12.7 Å². The molecule has 0 spiro atoms. The van der Waals surface area contributed by atoms with Gasteiger partial charge in [0.15, 0.2) is 0 Å². The Balaban J connectivity index is 1.73. The molecule has 3 rings (SSSR count). The standard InChI is InChI=1S/C20H23FN2O2/c1-13-11-16(9-10-22-13)23-20(24)18-8-5-15(12-19(18)21)14-3-6-17(25-2)7-4-14/h3-8,12-13,16,22H,9-11H2,1-2H3,(H,23,24). The third kappa shape index (κ3) is 4.17. The number of nitrogens with one attached hydrogen (secondary N) is 2. The maximum Gasteiger partial charge on any atom is 0.254 e. The summed E-state index contributed by atoms with van der Waals surface area (Å²) < 4.78 is 19.6. The summed E-state index contributed by atoms with van der Waals surface area (Å²) in [6.07, 6.45) is 1.72. The average Bonchev–Trinajstić information content (AvgIpc) is 2.61. The van der Waals surface area contributed by atoms with Crippen molar-refractivity contribution in [3.8, 4) is 16.9 Å². The number of rotatable bonds is 4. The lowest BCUT2D eigenvalue weighted by Crippen LogP contribution is -2.46. The molecule has 2 unspecified atom stereocenters. The van der Waals surface area contributed by atoms with Crippen molar-refractivity contribution in [3.63, 3.8) is 0 Å². The monoisotopic (exact) mass is 342 g/mol. The second-order valence-electron chi connectivity index (χ2n) is 6.47. The largest absolute Gasteiger partial charge is 0.497 e. The molecular weight excluding hydrogens is 319 g/mol. The Kier molecular flexibility index (Phi) is 5.34.